The molecular weight excluding hydrogens is 366 g/mol. The molecule has 4 aromatic rings. The summed E-state index contributed by atoms with van der Waals surface area (Å²) in [6.07, 6.45) is 4.22. The summed E-state index contributed by atoms with van der Waals surface area (Å²) in [5, 5.41) is 4.34. The average Bonchev–Trinajstić information content (AvgIpc) is 3.38. The summed E-state index contributed by atoms with van der Waals surface area (Å²) in [6, 6.07) is 13.4. The lowest BCUT2D eigenvalue weighted by molar-refractivity contribution is -0.125. The van der Waals surface area contributed by atoms with Gasteiger partial charge in [-0.1, -0.05) is 30.3 Å². The molecule has 1 unspecified atom stereocenters. The third-order valence-corrected chi connectivity index (χ3v) is 6.25. The SMILES string of the molecule is O=C1CCn2cc([C@H]3C(=O)NC(=O)C3c3c[nH]c4ccccc34)c3cccc1c32. The summed E-state index contributed by atoms with van der Waals surface area (Å²) in [6.45, 7) is 0.590. The van der Waals surface area contributed by atoms with E-state index in [1.54, 1.807) is 0 Å². The Morgan fingerprint density at radius 3 is 2.48 bits per heavy atom. The fraction of sp³-hybridized carbons (Fsp3) is 0.174. The molecule has 6 heteroatoms. The standard InChI is InChI=1S/C23H17N3O3/c27-18-8-9-26-11-16(13-5-3-6-14(18)21(13)26)20-19(22(28)25-23(20)29)15-10-24-17-7-2-1-4-12(15)17/h1-7,10-11,19-20,24H,8-9H2,(H,25,28,29)/t19?,20-/m1/s1. The molecule has 2 N–H and O–H groups in total. The van der Waals surface area contributed by atoms with E-state index in [9.17, 15) is 14.4 Å². The van der Waals surface area contributed by atoms with Crippen LogP contribution < -0.4 is 5.32 Å². The van der Waals surface area contributed by atoms with Gasteiger partial charge in [0.05, 0.1) is 17.4 Å². The van der Waals surface area contributed by atoms with Gasteiger partial charge in [-0.3, -0.25) is 19.7 Å². The van der Waals surface area contributed by atoms with Crippen LogP contribution >= 0.6 is 0 Å². The van der Waals surface area contributed by atoms with Gasteiger partial charge >= 0.3 is 0 Å². The van der Waals surface area contributed by atoms with Crippen molar-refractivity contribution in [1.29, 1.82) is 0 Å². The number of Topliss-reactive ketones (excluding diaryl/α,β-unsaturated/α-hetero) is 1. The second kappa shape index (κ2) is 5.67. The van der Waals surface area contributed by atoms with Crippen molar-refractivity contribution in [2.24, 2.45) is 0 Å². The number of amides is 2. The van der Waals surface area contributed by atoms with Crippen LogP contribution in [0.4, 0.5) is 0 Å². The number of hydrogen-bond acceptors (Lipinski definition) is 3. The summed E-state index contributed by atoms with van der Waals surface area (Å²) < 4.78 is 2.05. The molecule has 2 aliphatic heterocycles. The molecule has 1 fully saturated rings. The van der Waals surface area contributed by atoms with Gasteiger partial charge in [0.1, 0.15) is 0 Å². The number of nitrogens with zero attached hydrogens (tertiary/aromatic N) is 1. The summed E-state index contributed by atoms with van der Waals surface area (Å²) in [7, 11) is 0. The van der Waals surface area contributed by atoms with Crippen LogP contribution in [0.2, 0.25) is 0 Å². The van der Waals surface area contributed by atoms with E-state index >= 15 is 0 Å². The maximum Gasteiger partial charge on any atom is 0.235 e. The molecule has 142 valence electrons. The molecule has 0 aliphatic carbocycles. The van der Waals surface area contributed by atoms with Crippen molar-refractivity contribution in [3.05, 3.63) is 71.5 Å². The van der Waals surface area contributed by atoms with E-state index in [2.05, 4.69) is 10.3 Å². The Labute approximate surface area is 165 Å². The van der Waals surface area contributed by atoms with Gasteiger partial charge in [-0.05, 0) is 23.3 Å². The highest BCUT2D eigenvalue weighted by atomic mass is 16.2. The largest absolute Gasteiger partial charge is 0.361 e. The number of benzene rings is 2. The zero-order chi connectivity index (χ0) is 19.7. The number of H-pyrrole nitrogens is 1. The molecule has 2 atom stereocenters. The lowest BCUT2D eigenvalue weighted by Crippen LogP contribution is -2.21. The first-order chi connectivity index (χ1) is 14.1. The van der Waals surface area contributed by atoms with Crippen LogP contribution in [-0.4, -0.2) is 27.1 Å². The monoisotopic (exact) mass is 383 g/mol. The molecule has 29 heavy (non-hydrogen) atoms. The van der Waals surface area contributed by atoms with E-state index in [-0.39, 0.29) is 17.6 Å². The van der Waals surface area contributed by atoms with Gasteiger partial charge < -0.3 is 9.55 Å². The number of nitrogens with one attached hydrogen (secondary N) is 2. The zero-order valence-corrected chi connectivity index (χ0v) is 15.4. The van der Waals surface area contributed by atoms with E-state index in [1.165, 1.54) is 0 Å². The number of carbonyl (C=O) groups is 3. The second-order valence-electron chi connectivity index (χ2n) is 7.75. The highest BCUT2D eigenvalue weighted by Crippen LogP contribution is 2.44. The summed E-state index contributed by atoms with van der Waals surface area (Å²) in [5.41, 5.74) is 4.10. The number of aryl methyl sites for hydroxylation is 1. The van der Waals surface area contributed by atoms with Crippen molar-refractivity contribution >= 4 is 39.4 Å². The molecule has 2 aliphatic rings. The molecule has 0 spiro atoms. The number of carbonyl (C=O) groups excluding carboxylic acids is 3. The average molecular weight is 383 g/mol. The molecule has 0 bridgehead atoms. The minimum Gasteiger partial charge on any atom is -0.361 e. The van der Waals surface area contributed by atoms with Crippen LogP contribution in [0.3, 0.4) is 0 Å². The molecule has 2 amide bonds. The Kier molecular flexibility index (Phi) is 3.19. The van der Waals surface area contributed by atoms with Crippen molar-refractivity contribution in [1.82, 2.24) is 14.9 Å². The number of rotatable bonds is 2. The lowest BCUT2D eigenvalue weighted by Gasteiger charge is -2.15. The molecule has 0 saturated carbocycles. The first kappa shape index (κ1) is 16.3. The number of aromatic nitrogens is 2. The van der Waals surface area contributed by atoms with E-state index in [0.29, 0.717) is 18.5 Å². The van der Waals surface area contributed by atoms with E-state index in [0.717, 1.165) is 32.9 Å². The number of aromatic amines is 1. The van der Waals surface area contributed by atoms with E-state index in [4.69, 9.17) is 0 Å². The van der Waals surface area contributed by atoms with Crippen LogP contribution in [0, 0.1) is 0 Å². The van der Waals surface area contributed by atoms with Crippen molar-refractivity contribution in [2.75, 3.05) is 0 Å². The summed E-state index contributed by atoms with van der Waals surface area (Å²) in [4.78, 5) is 41.3. The molecule has 2 aromatic carbocycles. The minimum atomic E-state index is -0.631. The van der Waals surface area contributed by atoms with Crippen molar-refractivity contribution in [3.63, 3.8) is 0 Å². The number of fused-ring (bicyclic) bond motifs is 1. The normalized spacial score (nSPS) is 21.3. The number of para-hydroxylation sites is 2. The number of ketones is 1. The Hall–Kier alpha value is -3.67. The smallest absolute Gasteiger partial charge is 0.235 e. The van der Waals surface area contributed by atoms with E-state index in [1.807, 2.05) is 59.4 Å². The first-order valence-electron chi connectivity index (χ1n) is 9.69. The molecule has 2 aromatic heterocycles. The van der Waals surface area contributed by atoms with Crippen molar-refractivity contribution < 1.29 is 14.4 Å². The van der Waals surface area contributed by atoms with Crippen LogP contribution in [0.5, 0.6) is 0 Å². The fourth-order valence-electron chi connectivity index (χ4n) is 4.97. The molecule has 0 radical (unpaired) electrons. The van der Waals surface area contributed by atoms with Gasteiger partial charge in [-0.15, -0.1) is 0 Å². The van der Waals surface area contributed by atoms with Crippen LogP contribution in [0.25, 0.3) is 21.8 Å². The number of imide groups is 1. The predicted molar refractivity (Wildman–Crippen MR) is 108 cm³/mol. The Morgan fingerprint density at radius 1 is 0.862 bits per heavy atom. The molecule has 6 nitrogen and oxygen atoms in total. The Balaban J connectivity index is 1.59. The maximum atomic E-state index is 12.9. The summed E-state index contributed by atoms with van der Waals surface area (Å²) >= 11 is 0. The van der Waals surface area contributed by atoms with Gasteiger partial charge in [0.25, 0.3) is 0 Å². The quantitative estimate of drug-likeness (QED) is 0.521. The van der Waals surface area contributed by atoms with Gasteiger partial charge in [-0.25, -0.2) is 0 Å². The topological polar surface area (TPSA) is 84.0 Å². The van der Waals surface area contributed by atoms with Crippen molar-refractivity contribution in [2.45, 2.75) is 24.8 Å². The highest BCUT2D eigenvalue weighted by Gasteiger charge is 2.46. The predicted octanol–water partition coefficient (Wildman–Crippen LogP) is 3.23. The molecule has 1 saturated heterocycles. The van der Waals surface area contributed by atoms with Gasteiger partial charge in [0, 0.05) is 47.2 Å². The van der Waals surface area contributed by atoms with Gasteiger partial charge in [-0.2, -0.15) is 0 Å². The summed E-state index contributed by atoms with van der Waals surface area (Å²) in [5.74, 6) is -1.70. The van der Waals surface area contributed by atoms with Crippen LogP contribution in [0.1, 0.15) is 39.7 Å². The van der Waals surface area contributed by atoms with Crippen LogP contribution in [-0.2, 0) is 16.1 Å². The molecule has 4 heterocycles. The van der Waals surface area contributed by atoms with Crippen LogP contribution in [0.15, 0.2) is 54.9 Å². The molecule has 6 rings (SSSR count). The number of hydrogen-bond donors (Lipinski definition) is 2. The first-order valence-corrected chi connectivity index (χ1v) is 9.69. The third-order valence-electron chi connectivity index (χ3n) is 6.25. The molecular formula is C23H17N3O3. The Bertz CT molecular complexity index is 1360. The van der Waals surface area contributed by atoms with Gasteiger partial charge in [0.15, 0.2) is 5.78 Å². The third kappa shape index (κ3) is 2.14. The minimum absolute atomic E-state index is 0.118. The zero-order valence-electron chi connectivity index (χ0n) is 15.4. The highest BCUT2D eigenvalue weighted by molar-refractivity contribution is 6.15. The van der Waals surface area contributed by atoms with Crippen molar-refractivity contribution in [3.8, 4) is 0 Å². The maximum absolute atomic E-state index is 12.9. The fourth-order valence-corrected chi connectivity index (χ4v) is 4.97. The Morgan fingerprint density at radius 2 is 1.62 bits per heavy atom. The van der Waals surface area contributed by atoms with Gasteiger partial charge in [0.2, 0.25) is 11.8 Å². The second-order valence-corrected chi connectivity index (χ2v) is 7.75. The lowest BCUT2D eigenvalue weighted by atomic mass is 9.83. The van der Waals surface area contributed by atoms with E-state index < -0.39 is 11.8 Å².